The molecule has 138 valence electrons. The quantitative estimate of drug-likeness (QED) is 0.880. The molecule has 2 atom stereocenters. The zero-order chi connectivity index (χ0) is 18.6. The molecule has 2 aliphatic rings. The third kappa shape index (κ3) is 2.76. The third-order valence-electron chi connectivity index (χ3n) is 5.50. The van der Waals surface area contributed by atoms with Crippen molar-refractivity contribution in [2.75, 3.05) is 18.0 Å². The van der Waals surface area contributed by atoms with E-state index in [0.29, 0.717) is 22.9 Å². The van der Waals surface area contributed by atoms with E-state index in [0.717, 1.165) is 31.6 Å². The van der Waals surface area contributed by atoms with Crippen LogP contribution in [-0.4, -0.2) is 34.9 Å². The van der Waals surface area contributed by atoms with Crippen molar-refractivity contribution >= 4 is 34.2 Å². The lowest BCUT2D eigenvalue weighted by molar-refractivity contribution is 0.0694. The number of hydrogen-bond donors (Lipinski definition) is 1. The molecular weight excluding hydrogens is 359 g/mol. The van der Waals surface area contributed by atoms with Gasteiger partial charge in [-0.2, -0.15) is 0 Å². The highest BCUT2D eigenvalue weighted by molar-refractivity contribution is 6.38. The van der Waals surface area contributed by atoms with E-state index in [9.17, 15) is 19.1 Å². The second kappa shape index (κ2) is 6.27. The second-order valence-electron chi connectivity index (χ2n) is 7.37. The van der Waals surface area contributed by atoms with Gasteiger partial charge in [0, 0.05) is 31.1 Å². The van der Waals surface area contributed by atoms with Crippen molar-refractivity contribution in [3.05, 3.63) is 39.1 Å². The van der Waals surface area contributed by atoms with Gasteiger partial charge in [0.15, 0.2) is 0 Å². The van der Waals surface area contributed by atoms with Crippen LogP contribution in [-0.2, 0) is 0 Å². The maximum absolute atomic E-state index is 13.8. The molecule has 0 radical (unpaired) electrons. The highest BCUT2D eigenvalue weighted by Gasteiger charge is 2.40. The van der Waals surface area contributed by atoms with Crippen LogP contribution < -0.4 is 10.3 Å². The Hall–Kier alpha value is -2.08. The number of halogens is 2. The second-order valence-corrected chi connectivity index (χ2v) is 7.75. The number of carboxylic acids is 1. The number of fused-ring (bicyclic) bond motifs is 1. The van der Waals surface area contributed by atoms with Gasteiger partial charge in [-0.15, -0.1) is 0 Å². The van der Waals surface area contributed by atoms with Crippen molar-refractivity contribution in [1.82, 2.24) is 4.57 Å². The molecule has 2 fully saturated rings. The number of anilines is 1. The van der Waals surface area contributed by atoms with Crippen LogP contribution in [0, 0.1) is 5.92 Å². The molecule has 0 amide bonds. The summed E-state index contributed by atoms with van der Waals surface area (Å²) in [4.78, 5) is 26.2. The average molecular weight is 379 g/mol. The summed E-state index contributed by atoms with van der Waals surface area (Å²) >= 11 is 6.67. The first-order valence-corrected chi connectivity index (χ1v) is 9.26. The number of rotatable bonds is 3. The maximum Gasteiger partial charge on any atom is 0.341 e. The number of carboxylic acid groups (broad SMARTS) is 1. The molecule has 1 aromatic heterocycles. The van der Waals surface area contributed by atoms with E-state index >= 15 is 0 Å². The molecule has 1 N–H and O–H groups in total. The predicted molar refractivity (Wildman–Crippen MR) is 99.3 cm³/mol. The lowest BCUT2D eigenvalue weighted by Gasteiger charge is -2.33. The van der Waals surface area contributed by atoms with Gasteiger partial charge in [-0.3, -0.25) is 4.79 Å². The van der Waals surface area contributed by atoms with Crippen molar-refractivity contribution in [1.29, 1.82) is 0 Å². The van der Waals surface area contributed by atoms with E-state index < -0.39 is 23.6 Å². The topological polar surface area (TPSA) is 62.5 Å². The summed E-state index contributed by atoms with van der Waals surface area (Å²) in [6, 6.07) is 2.93. The fourth-order valence-corrected chi connectivity index (χ4v) is 4.13. The molecule has 1 saturated heterocycles. The van der Waals surface area contributed by atoms with Crippen LogP contribution in [0.5, 0.6) is 0 Å². The Morgan fingerprint density at radius 1 is 1.31 bits per heavy atom. The normalized spacial score (nSPS) is 23.4. The van der Waals surface area contributed by atoms with Crippen LogP contribution in [0.4, 0.5) is 10.1 Å². The number of aromatic nitrogens is 1. The fourth-order valence-electron chi connectivity index (χ4n) is 3.74. The van der Waals surface area contributed by atoms with E-state index in [2.05, 4.69) is 11.8 Å². The molecule has 1 saturated carbocycles. The van der Waals surface area contributed by atoms with E-state index in [1.807, 2.05) is 0 Å². The molecule has 2 heterocycles. The van der Waals surface area contributed by atoms with Gasteiger partial charge in [0.2, 0.25) is 5.43 Å². The van der Waals surface area contributed by atoms with Crippen LogP contribution in [0.1, 0.15) is 42.6 Å². The molecule has 26 heavy (non-hydrogen) atoms. The zero-order valence-corrected chi connectivity index (χ0v) is 15.2. The molecular formula is C19H20ClFN2O3. The van der Waals surface area contributed by atoms with Gasteiger partial charge in [-0.1, -0.05) is 18.5 Å². The van der Waals surface area contributed by atoms with E-state index in [1.54, 1.807) is 16.7 Å². The standard InChI is InChI=1S/C19H20ClFN2O3/c1-10-4-6-22(7-5-10)14-3-2-11-17(16(14)20)23(15-8-13(15)21)9-12(18(11)24)19(25)26/h2-3,9-10,13,15H,4-8H2,1H3,(H,25,26). The summed E-state index contributed by atoms with van der Waals surface area (Å²) in [5, 5.41) is 9.94. The third-order valence-corrected chi connectivity index (χ3v) is 5.88. The summed E-state index contributed by atoms with van der Waals surface area (Å²) in [5.41, 5.74) is 0.314. The van der Waals surface area contributed by atoms with Crippen molar-refractivity contribution in [2.24, 2.45) is 5.92 Å². The Labute approximate surface area is 155 Å². The summed E-state index contributed by atoms with van der Waals surface area (Å²) in [6.07, 6.45) is 2.63. The Balaban J connectivity index is 1.92. The van der Waals surface area contributed by atoms with Gasteiger partial charge >= 0.3 is 5.97 Å². The van der Waals surface area contributed by atoms with E-state index in [1.165, 1.54) is 6.20 Å². The summed E-state index contributed by atoms with van der Waals surface area (Å²) < 4.78 is 15.3. The Bertz CT molecular complexity index is 950. The lowest BCUT2D eigenvalue weighted by atomic mass is 9.98. The van der Waals surface area contributed by atoms with Crippen LogP contribution in [0.25, 0.3) is 10.9 Å². The minimum Gasteiger partial charge on any atom is -0.477 e. The molecule has 1 aromatic carbocycles. The number of aromatic carboxylic acids is 1. The van der Waals surface area contributed by atoms with Crippen molar-refractivity contribution < 1.29 is 14.3 Å². The number of pyridine rings is 1. The first kappa shape index (κ1) is 17.3. The molecule has 0 bridgehead atoms. The largest absolute Gasteiger partial charge is 0.477 e. The number of alkyl halides is 1. The molecule has 1 aliphatic carbocycles. The Kier molecular flexibility index (Phi) is 4.18. The average Bonchev–Trinajstić information content (AvgIpc) is 3.33. The van der Waals surface area contributed by atoms with Gasteiger partial charge < -0.3 is 14.6 Å². The minimum absolute atomic E-state index is 0.225. The number of benzene rings is 1. The van der Waals surface area contributed by atoms with Crippen molar-refractivity contribution in [2.45, 2.75) is 38.4 Å². The fraction of sp³-hybridized carbons (Fsp3) is 0.474. The highest BCUT2D eigenvalue weighted by Crippen LogP contribution is 2.43. The van der Waals surface area contributed by atoms with Gasteiger partial charge in [-0.05, 0) is 30.9 Å². The monoisotopic (exact) mass is 378 g/mol. The van der Waals surface area contributed by atoms with E-state index in [4.69, 9.17) is 11.6 Å². The van der Waals surface area contributed by atoms with Gasteiger partial charge in [0.25, 0.3) is 0 Å². The molecule has 5 nitrogen and oxygen atoms in total. The first-order valence-electron chi connectivity index (χ1n) is 8.88. The maximum atomic E-state index is 13.8. The Morgan fingerprint density at radius 3 is 2.54 bits per heavy atom. The molecule has 0 spiro atoms. The molecule has 7 heteroatoms. The molecule has 2 aromatic rings. The Morgan fingerprint density at radius 2 is 1.96 bits per heavy atom. The van der Waals surface area contributed by atoms with Crippen molar-refractivity contribution in [3.63, 3.8) is 0 Å². The molecule has 2 unspecified atom stereocenters. The van der Waals surface area contributed by atoms with Crippen LogP contribution in [0.3, 0.4) is 0 Å². The smallest absolute Gasteiger partial charge is 0.341 e. The van der Waals surface area contributed by atoms with E-state index in [-0.39, 0.29) is 10.9 Å². The summed E-state index contributed by atoms with van der Waals surface area (Å²) in [5.74, 6) is -0.646. The summed E-state index contributed by atoms with van der Waals surface area (Å²) in [6.45, 7) is 3.97. The lowest BCUT2D eigenvalue weighted by Crippen LogP contribution is -2.33. The molecule has 4 rings (SSSR count). The first-order chi connectivity index (χ1) is 12.4. The minimum atomic E-state index is -1.31. The van der Waals surface area contributed by atoms with Gasteiger partial charge in [-0.25, -0.2) is 9.18 Å². The number of piperidine rings is 1. The number of hydrogen-bond acceptors (Lipinski definition) is 3. The van der Waals surface area contributed by atoms with Gasteiger partial charge in [0.05, 0.1) is 22.3 Å². The summed E-state index contributed by atoms with van der Waals surface area (Å²) in [7, 11) is 0. The van der Waals surface area contributed by atoms with Crippen LogP contribution >= 0.6 is 11.6 Å². The zero-order valence-electron chi connectivity index (χ0n) is 14.4. The van der Waals surface area contributed by atoms with Crippen LogP contribution in [0.15, 0.2) is 23.1 Å². The highest BCUT2D eigenvalue weighted by atomic mass is 35.5. The predicted octanol–water partition coefficient (Wildman–Crippen LogP) is 3.87. The van der Waals surface area contributed by atoms with Crippen LogP contribution in [0.2, 0.25) is 5.02 Å². The number of nitrogens with zero attached hydrogens (tertiary/aromatic N) is 2. The molecule has 1 aliphatic heterocycles. The van der Waals surface area contributed by atoms with Crippen molar-refractivity contribution in [3.8, 4) is 0 Å². The SMILES string of the molecule is CC1CCN(c2ccc3c(=O)c(C(=O)O)cn(C4CC4F)c3c2Cl)CC1. The van der Waals surface area contributed by atoms with Gasteiger partial charge in [0.1, 0.15) is 11.7 Å². The number of carbonyl (C=O) groups is 1.